The number of hydrogen-bond acceptors (Lipinski definition) is 8. The molecule has 1 unspecified atom stereocenters. The SMILES string of the molecule is CC(C)[C@H](N)C(=O)OCC(CCO)Cn1cnc2c(=O)[nH]c(N)nc21. The van der Waals surface area contributed by atoms with E-state index in [0.29, 0.717) is 18.6 Å². The quantitative estimate of drug-likeness (QED) is 0.450. The van der Waals surface area contributed by atoms with E-state index in [9.17, 15) is 14.7 Å². The first-order chi connectivity index (χ1) is 11.8. The number of anilines is 1. The van der Waals surface area contributed by atoms with Gasteiger partial charge in [-0.05, 0) is 12.3 Å². The van der Waals surface area contributed by atoms with Crippen LogP contribution in [-0.4, -0.2) is 49.9 Å². The molecule has 2 aromatic rings. The van der Waals surface area contributed by atoms with Crippen LogP contribution in [0.2, 0.25) is 0 Å². The molecule has 0 bridgehead atoms. The van der Waals surface area contributed by atoms with Crippen molar-refractivity contribution in [3.63, 3.8) is 0 Å². The van der Waals surface area contributed by atoms with Crippen LogP contribution in [0.1, 0.15) is 20.3 Å². The fourth-order valence-corrected chi connectivity index (χ4v) is 2.36. The summed E-state index contributed by atoms with van der Waals surface area (Å²) in [7, 11) is 0. The predicted octanol–water partition coefficient (Wildman–Crippen LogP) is -0.773. The molecule has 0 aliphatic carbocycles. The third kappa shape index (κ3) is 4.54. The van der Waals surface area contributed by atoms with Crippen molar-refractivity contribution in [2.75, 3.05) is 18.9 Å². The van der Waals surface area contributed by atoms with Gasteiger partial charge in [0, 0.05) is 19.1 Å². The van der Waals surface area contributed by atoms with E-state index in [1.54, 1.807) is 4.57 Å². The monoisotopic (exact) mass is 352 g/mol. The number of aliphatic hydroxyl groups is 1. The number of nitrogens with zero attached hydrogens (tertiary/aromatic N) is 3. The Morgan fingerprint density at radius 2 is 2.20 bits per heavy atom. The molecule has 0 aliphatic heterocycles. The molecule has 0 amide bonds. The smallest absolute Gasteiger partial charge is 0.323 e. The topological polar surface area (TPSA) is 162 Å². The molecule has 0 saturated carbocycles. The van der Waals surface area contributed by atoms with Gasteiger partial charge in [0.2, 0.25) is 5.95 Å². The molecule has 2 rings (SSSR count). The van der Waals surface area contributed by atoms with Crippen molar-refractivity contribution in [2.24, 2.45) is 17.6 Å². The molecule has 10 nitrogen and oxygen atoms in total. The highest BCUT2D eigenvalue weighted by atomic mass is 16.5. The van der Waals surface area contributed by atoms with Crippen molar-refractivity contribution in [2.45, 2.75) is 32.9 Å². The fourth-order valence-electron chi connectivity index (χ4n) is 2.36. The number of aromatic nitrogens is 4. The largest absolute Gasteiger partial charge is 0.464 e. The summed E-state index contributed by atoms with van der Waals surface area (Å²) in [5.41, 5.74) is 11.4. The number of nitrogens with two attached hydrogens (primary N) is 2. The van der Waals surface area contributed by atoms with E-state index in [0.717, 1.165) is 0 Å². The van der Waals surface area contributed by atoms with Gasteiger partial charge in [0.15, 0.2) is 11.2 Å². The average molecular weight is 352 g/mol. The summed E-state index contributed by atoms with van der Waals surface area (Å²) < 4.78 is 6.92. The Morgan fingerprint density at radius 3 is 2.84 bits per heavy atom. The van der Waals surface area contributed by atoms with Gasteiger partial charge in [0.05, 0.1) is 12.9 Å². The number of hydrogen-bond donors (Lipinski definition) is 4. The van der Waals surface area contributed by atoms with E-state index in [2.05, 4.69) is 15.0 Å². The van der Waals surface area contributed by atoms with E-state index < -0.39 is 17.6 Å². The van der Waals surface area contributed by atoms with Crippen molar-refractivity contribution in [1.82, 2.24) is 19.5 Å². The average Bonchev–Trinajstić information content (AvgIpc) is 2.94. The van der Waals surface area contributed by atoms with E-state index in [1.165, 1.54) is 6.33 Å². The highest BCUT2D eigenvalue weighted by Gasteiger charge is 2.21. The maximum atomic E-state index is 11.9. The number of carbonyl (C=O) groups excluding carboxylic acids is 1. The van der Waals surface area contributed by atoms with Crippen molar-refractivity contribution < 1.29 is 14.6 Å². The van der Waals surface area contributed by atoms with Crippen molar-refractivity contribution in [3.05, 3.63) is 16.7 Å². The molecule has 2 atom stereocenters. The zero-order chi connectivity index (χ0) is 18.6. The molecule has 6 N–H and O–H groups in total. The predicted molar refractivity (Wildman–Crippen MR) is 91.5 cm³/mol. The summed E-state index contributed by atoms with van der Waals surface area (Å²) in [4.78, 5) is 34.2. The summed E-state index contributed by atoms with van der Waals surface area (Å²) in [5.74, 6) is -0.701. The van der Waals surface area contributed by atoms with Crippen LogP contribution in [0.25, 0.3) is 11.2 Å². The molecule has 25 heavy (non-hydrogen) atoms. The molecule has 0 spiro atoms. The van der Waals surface area contributed by atoms with Crippen LogP contribution in [0.5, 0.6) is 0 Å². The molecule has 10 heteroatoms. The second-order valence-electron chi connectivity index (χ2n) is 6.30. The van der Waals surface area contributed by atoms with Gasteiger partial charge in [-0.25, -0.2) is 4.98 Å². The molecular weight excluding hydrogens is 328 g/mol. The van der Waals surface area contributed by atoms with E-state index >= 15 is 0 Å². The number of ether oxygens (including phenoxy) is 1. The molecule has 2 heterocycles. The van der Waals surface area contributed by atoms with Crippen molar-refractivity contribution in [1.29, 1.82) is 0 Å². The second-order valence-corrected chi connectivity index (χ2v) is 6.30. The number of imidazole rings is 1. The Bertz CT molecular complexity index is 784. The zero-order valence-corrected chi connectivity index (χ0v) is 14.3. The lowest BCUT2D eigenvalue weighted by molar-refractivity contribution is -0.148. The maximum absolute atomic E-state index is 11.9. The van der Waals surface area contributed by atoms with Crippen molar-refractivity contribution >= 4 is 23.1 Å². The lowest BCUT2D eigenvalue weighted by Crippen LogP contribution is -2.38. The molecule has 0 aliphatic rings. The van der Waals surface area contributed by atoms with Gasteiger partial charge in [0.25, 0.3) is 5.56 Å². The number of carbonyl (C=O) groups is 1. The van der Waals surface area contributed by atoms with Gasteiger partial charge < -0.3 is 25.9 Å². The van der Waals surface area contributed by atoms with E-state index in [-0.39, 0.29) is 36.5 Å². The van der Waals surface area contributed by atoms with Crippen LogP contribution in [0.4, 0.5) is 5.95 Å². The molecule has 138 valence electrons. The van der Waals surface area contributed by atoms with Crippen molar-refractivity contribution in [3.8, 4) is 0 Å². The minimum atomic E-state index is -0.691. The van der Waals surface area contributed by atoms with Gasteiger partial charge in [-0.3, -0.25) is 14.6 Å². The number of nitrogens with one attached hydrogen (secondary N) is 1. The van der Waals surface area contributed by atoms with Gasteiger partial charge in [0.1, 0.15) is 6.04 Å². The van der Waals surface area contributed by atoms with Crippen LogP contribution < -0.4 is 17.0 Å². The Morgan fingerprint density at radius 1 is 1.48 bits per heavy atom. The van der Waals surface area contributed by atoms with Gasteiger partial charge in [-0.1, -0.05) is 13.8 Å². The number of H-pyrrole nitrogens is 1. The first kappa shape index (κ1) is 18.9. The fraction of sp³-hybridized carbons (Fsp3) is 0.600. The zero-order valence-electron chi connectivity index (χ0n) is 14.3. The first-order valence-electron chi connectivity index (χ1n) is 8.07. The number of aliphatic hydroxyl groups excluding tert-OH is 1. The minimum Gasteiger partial charge on any atom is -0.464 e. The number of nitrogen functional groups attached to an aromatic ring is 1. The highest BCUT2D eigenvalue weighted by molar-refractivity contribution is 5.75. The Labute approximate surface area is 144 Å². The molecule has 0 fully saturated rings. The van der Waals surface area contributed by atoms with Gasteiger partial charge >= 0.3 is 5.97 Å². The lowest BCUT2D eigenvalue weighted by Gasteiger charge is -2.19. The van der Waals surface area contributed by atoms with Crippen LogP contribution in [0.15, 0.2) is 11.1 Å². The lowest BCUT2D eigenvalue weighted by atomic mass is 10.1. The minimum absolute atomic E-state index is 0.00714. The van der Waals surface area contributed by atoms with Gasteiger partial charge in [-0.2, -0.15) is 4.98 Å². The molecule has 0 radical (unpaired) electrons. The Balaban J connectivity index is 2.11. The third-order valence-electron chi connectivity index (χ3n) is 3.94. The molecule has 2 aromatic heterocycles. The molecule has 0 aromatic carbocycles. The Kier molecular flexibility index (Phi) is 6.10. The number of esters is 1. The summed E-state index contributed by atoms with van der Waals surface area (Å²) in [6.45, 7) is 4.06. The summed E-state index contributed by atoms with van der Waals surface area (Å²) in [6, 6.07) is -0.691. The summed E-state index contributed by atoms with van der Waals surface area (Å²) in [6.07, 6.45) is 1.88. The number of aromatic amines is 1. The number of rotatable bonds is 8. The maximum Gasteiger partial charge on any atom is 0.323 e. The Hall–Kier alpha value is -2.46. The van der Waals surface area contributed by atoms with Gasteiger partial charge in [-0.15, -0.1) is 0 Å². The summed E-state index contributed by atoms with van der Waals surface area (Å²) in [5, 5.41) is 9.25. The molecular formula is C15H24N6O4. The summed E-state index contributed by atoms with van der Waals surface area (Å²) >= 11 is 0. The van der Waals surface area contributed by atoms with E-state index in [4.69, 9.17) is 16.2 Å². The third-order valence-corrected chi connectivity index (χ3v) is 3.94. The van der Waals surface area contributed by atoms with Crippen LogP contribution >= 0.6 is 0 Å². The van der Waals surface area contributed by atoms with E-state index in [1.807, 2.05) is 13.8 Å². The van der Waals surface area contributed by atoms with Crippen LogP contribution in [-0.2, 0) is 16.1 Å². The van der Waals surface area contributed by atoms with Crippen LogP contribution in [0.3, 0.4) is 0 Å². The first-order valence-corrected chi connectivity index (χ1v) is 8.07. The standard InChI is InChI=1S/C15H24N6O4/c1-8(2)10(16)14(24)25-6-9(3-4-22)5-21-7-18-11-12(21)19-15(17)20-13(11)23/h7-10,22H,3-6,16H2,1-2H3,(H3,17,19,20,23)/t9?,10-/m0/s1. The molecule has 0 saturated heterocycles. The van der Waals surface area contributed by atoms with Crippen LogP contribution in [0, 0.1) is 11.8 Å². The second kappa shape index (κ2) is 8.08. The normalized spacial score (nSPS) is 14.0. The highest BCUT2D eigenvalue weighted by Crippen LogP contribution is 2.13. The number of fused-ring (bicyclic) bond motifs is 1.